The Labute approximate surface area is 126 Å². The van der Waals surface area contributed by atoms with Crippen LogP contribution in [0.15, 0.2) is 6.20 Å². The van der Waals surface area contributed by atoms with Crippen LogP contribution in [0.2, 0.25) is 0 Å². The number of hydrogen-bond donors (Lipinski definition) is 2. The maximum Gasteiger partial charge on any atom is 0.307 e. The molecule has 21 heavy (non-hydrogen) atoms. The quantitative estimate of drug-likeness (QED) is 0.895. The van der Waals surface area contributed by atoms with Crippen LogP contribution in [0.4, 0.5) is 5.82 Å². The molecule has 1 saturated carbocycles. The summed E-state index contributed by atoms with van der Waals surface area (Å²) in [5.41, 5.74) is 1.52. The Morgan fingerprint density at radius 1 is 1.38 bits per heavy atom. The largest absolute Gasteiger partial charge is 0.481 e. The number of nitrogens with one attached hydrogen (secondary N) is 1. The molecule has 1 fully saturated rings. The van der Waals surface area contributed by atoms with E-state index in [9.17, 15) is 9.90 Å². The highest BCUT2D eigenvalue weighted by Gasteiger charge is 2.46. The number of nitrogens with zero attached hydrogens (tertiary/aromatic N) is 2. The van der Waals surface area contributed by atoms with Crippen molar-refractivity contribution >= 4 is 11.8 Å². The Kier molecular flexibility index (Phi) is 4.21. The van der Waals surface area contributed by atoms with Gasteiger partial charge in [-0.15, -0.1) is 0 Å². The average molecular weight is 291 g/mol. The first kappa shape index (κ1) is 15.7. The van der Waals surface area contributed by atoms with Crippen LogP contribution in [0.5, 0.6) is 0 Å². The van der Waals surface area contributed by atoms with Crippen molar-refractivity contribution < 1.29 is 9.90 Å². The second-order valence-corrected chi connectivity index (χ2v) is 6.77. The predicted molar refractivity (Wildman–Crippen MR) is 82.2 cm³/mol. The molecule has 2 rings (SSSR count). The van der Waals surface area contributed by atoms with Crippen LogP contribution < -0.4 is 5.32 Å². The fourth-order valence-electron chi connectivity index (χ4n) is 3.29. The van der Waals surface area contributed by atoms with E-state index in [1.165, 1.54) is 0 Å². The summed E-state index contributed by atoms with van der Waals surface area (Å²) in [5.74, 6) is 0.0950. The number of aliphatic carboxylic acids is 1. The van der Waals surface area contributed by atoms with Gasteiger partial charge in [-0.05, 0) is 38.0 Å². The van der Waals surface area contributed by atoms with Crippen LogP contribution in [-0.4, -0.2) is 27.1 Å². The van der Waals surface area contributed by atoms with Gasteiger partial charge in [0, 0.05) is 12.2 Å². The molecule has 1 aliphatic rings. The lowest BCUT2D eigenvalue weighted by molar-refractivity contribution is -0.149. The second-order valence-electron chi connectivity index (χ2n) is 6.77. The topological polar surface area (TPSA) is 75.1 Å². The van der Waals surface area contributed by atoms with E-state index in [0.717, 1.165) is 23.6 Å². The smallest absolute Gasteiger partial charge is 0.307 e. The van der Waals surface area contributed by atoms with E-state index in [-0.39, 0.29) is 23.3 Å². The predicted octanol–water partition coefficient (Wildman–Crippen LogP) is 3.03. The number of carboxylic acids is 1. The van der Waals surface area contributed by atoms with Crippen molar-refractivity contribution in [2.24, 2.45) is 17.3 Å². The highest BCUT2D eigenvalue weighted by molar-refractivity contribution is 5.71. The van der Waals surface area contributed by atoms with E-state index in [0.29, 0.717) is 6.42 Å². The Morgan fingerprint density at radius 3 is 2.67 bits per heavy atom. The maximum absolute atomic E-state index is 11.4. The molecule has 3 unspecified atom stereocenters. The molecule has 0 saturated heterocycles. The van der Waals surface area contributed by atoms with Crippen LogP contribution in [0.25, 0.3) is 0 Å². The maximum atomic E-state index is 11.4. The molecule has 5 heteroatoms. The van der Waals surface area contributed by atoms with Crippen LogP contribution in [0.3, 0.4) is 0 Å². The van der Waals surface area contributed by atoms with Crippen LogP contribution in [0.1, 0.15) is 45.0 Å². The molecule has 116 valence electrons. The third-order valence-corrected chi connectivity index (χ3v) is 5.14. The Morgan fingerprint density at radius 2 is 2.05 bits per heavy atom. The van der Waals surface area contributed by atoms with Gasteiger partial charge in [-0.1, -0.05) is 20.8 Å². The van der Waals surface area contributed by atoms with Crippen molar-refractivity contribution in [2.45, 2.75) is 53.5 Å². The summed E-state index contributed by atoms with van der Waals surface area (Å²) in [6.07, 6.45) is 3.30. The average Bonchev–Trinajstić information content (AvgIpc) is 2.38. The third-order valence-electron chi connectivity index (χ3n) is 5.14. The number of rotatable bonds is 3. The van der Waals surface area contributed by atoms with Gasteiger partial charge in [0.05, 0.1) is 17.3 Å². The number of carboxylic acid groups (broad SMARTS) is 1. The highest BCUT2D eigenvalue weighted by Crippen LogP contribution is 2.45. The van der Waals surface area contributed by atoms with Gasteiger partial charge in [0.15, 0.2) is 0 Å². The van der Waals surface area contributed by atoms with E-state index in [1.807, 2.05) is 13.8 Å². The lowest BCUT2D eigenvalue weighted by atomic mass is 9.61. The molecular weight excluding hydrogens is 266 g/mol. The van der Waals surface area contributed by atoms with Gasteiger partial charge >= 0.3 is 5.97 Å². The third kappa shape index (κ3) is 3.01. The molecule has 0 bridgehead atoms. The summed E-state index contributed by atoms with van der Waals surface area (Å²) < 4.78 is 0. The van der Waals surface area contributed by atoms with Gasteiger partial charge in [-0.25, -0.2) is 4.98 Å². The zero-order valence-electron chi connectivity index (χ0n) is 13.5. The van der Waals surface area contributed by atoms with Gasteiger partial charge in [0.25, 0.3) is 0 Å². The minimum atomic E-state index is -0.683. The van der Waals surface area contributed by atoms with Crippen molar-refractivity contribution in [3.63, 3.8) is 0 Å². The first-order valence-corrected chi connectivity index (χ1v) is 7.53. The van der Waals surface area contributed by atoms with E-state index < -0.39 is 5.97 Å². The number of hydrogen-bond acceptors (Lipinski definition) is 4. The first-order valence-electron chi connectivity index (χ1n) is 7.53. The van der Waals surface area contributed by atoms with Crippen molar-refractivity contribution in [3.05, 3.63) is 17.6 Å². The van der Waals surface area contributed by atoms with E-state index >= 15 is 0 Å². The first-order chi connectivity index (χ1) is 9.73. The van der Waals surface area contributed by atoms with Crippen molar-refractivity contribution in [3.8, 4) is 0 Å². The van der Waals surface area contributed by atoms with Crippen LogP contribution >= 0.6 is 0 Å². The number of anilines is 1. The fraction of sp³-hybridized carbons (Fsp3) is 0.688. The molecule has 0 aromatic carbocycles. The zero-order valence-corrected chi connectivity index (χ0v) is 13.5. The number of carbonyl (C=O) groups is 1. The van der Waals surface area contributed by atoms with Gasteiger partial charge < -0.3 is 10.4 Å². The zero-order chi connectivity index (χ0) is 15.8. The monoisotopic (exact) mass is 291 g/mol. The SMILES string of the molecule is Cc1cnc(C)c(NC2CCC(C(=O)O)C(C)(C)C2C)n1. The summed E-state index contributed by atoms with van der Waals surface area (Å²) in [5, 5.41) is 12.9. The van der Waals surface area contributed by atoms with Gasteiger partial charge in [0.2, 0.25) is 0 Å². The summed E-state index contributed by atoms with van der Waals surface area (Å²) in [6, 6.07) is 0.227. The van der Waals surface area contributed by atoms with Crippen LogP contribution in [0, 0.1) is 31.1 Å². The van der Waals surface area contributed by atoms with Gasteiger partial charge in [-0.2, -0.15) is 0 Å². The van der Waals surface area contributed by atoms with E-state index in [2.05, 4.69) is 36.1 Å². The number of aromatic nitrogens is 2. The van der Waals surface area contributed by atoms with E-state index in [1.54, 1.807) is 6.20 Å². The molecule has 1 aliphatic carbocycles. The standard InChI is InChI=1S/C16H25N3O2/c1-9-8-17-11(3)14(18-9)19-13-7-6-12(15(20)21)16(4,5)10(13)2/h8,10,12-13H,6-7H2,1-5H3,(H,18,19)(H,20,21). The van der Waals surface area contributed by atoms with Crippen LogP contribution in [-0.2, 0) is 4.79 Å². The Bertz CT molecular complexity index is 542. The Balaban J connectivity index is 2.19. The lowest BCUT2D eigenvalue weighted by Gasteiger charge is -2.46. The molecule has 2 N–H and O–H groups in total. The minimum Gasteiger partial charge on any atom is -0.481 e. The molecule has 0 radical (unpaired) electrons. The second kappa shape index (κ2) is 5.62. The molecule has 5 nitrogen and oxygen atoms in total. The molecule has 0 aliphatic heterocycles. The van der Waals surface area contributed by atoms with Crippen molar-refractivity contribution in [1.82, 2.24) is 9.97 Å². The summed E-state index contributed by atoms with van der Waals surface area (Å²) in [4.78, 5) is 20.3. The molecule has 0 amide bonds. The molecule has 0 spiro atoms. The fourth-order valence-corrected chi connectivity index (χ4v) is 3.29. The molecule has 1 heterocycles. The number of aryl methyl sites for hydroxylation is 2. The summed E-state index contributed by atoms with van der Waals surface area (Å²) in [7, 11) is 0. The minimum absolute atomic E-state index is 0.227. The molecule has 1 aromatic rings. The normalized spacial score (nSPS) is 28.1. The van der Waals surface area contributed by atoms with Crippen molar-refractivity contribution in [2.75, 3.05) is 5.32 Å². The van der Waals surface area contributed by atoms with Crippen molar-refractivity contribution in [1.29, 1.82) is 0 Å². The lowest BCUT2D eigenvalue weighted by Crippen LogP contribution is -2.48. The molecule has 1 aromatic heterocycles. The highest BCUT2D eigenvalue weighted by atomic mass is 16.4. The van der Waals surface area contributed by atoms with E-state index in [4.69, 9.17) is 0 Å². The molecule has 3 atom stereocenters. The van der Waals surface area contributed by atoms with Gasteiger partial charge in [0.1, 0.15) is 5.82 Å². The molecular formula is C16H25N3O2. The Hall–Kier alpha value is -1.65. The summed E-state index contributed by atoms with van der Waals surface area (Å²) >= 11 is 0. The summed E-state index contributed by atoms with van der Waals surface area (Å²) in [6.45, 7) is 10.1. The van der Waals surface area contributed by atoms with Gasteiger partial charge in [-0.3, -0.25) is 9.78 Å².